The summed E-state index contributed by atoms with van der Waals surface area (Å²) in [5, 5.41) is 3.28. The van der Waals surface area contributed by atoms with Crippen molar-refractivity contribution < 1.29 is 9.59 Å². The zero-order valence-electron chi connectivity index (χ0n) is 8.70. The molecule has 0 bridgehead atoms. The maximum atomic E-state index is 11.7. The van der Waals surface area contributed by atoms with E-state index in [2.05, 4.69) is 5.32 Å². The number of amides is 2. The number of imide groups is 1. The van der Waals surface area contributed by atoms with Gasteiger partial charge in [0.15, 0.2) is 0 Å². The first-order valence-corrected chi connectivity index (χ1v) is 6.58. The lowest BCUT2D eigenvalue weighted by atomic mass is 10.1. The SMILES string of the molecule is O=C1CSCC(=O)N1C1CCCCNC1. The number of carbonyl (C=O) groups excluding carboxylic acids is 2. The van der Waals surface area contributed by atoms with Crippen LogP contribution in [0.25, 0.3) is 0 Å². The minimum absolute atomic E-state index is 0.00931. The minimum atomic E-state index is -0.00931. The fourth-order valence-corrected chi connectivity index (χ4v) is 2.86. The van der Waals surface area contributed by atoms with Gasteiger partial charge in [0, 0.05) is 6.54 Å². The van der Waals surface area contributed by atoms with Crippen molar-refractivity contribution in [3.8, 4) is 0 Å². The van der Waals surface area contributed by atoms with Crippen molar-refractivity contribution in [1.82, 2.24) is 10.2 Å². The molecule has 0 radical (unpaired) electrons. The maximum Gasteiger partial charge on any atom is 0.239 e. The molecule has 1 N–H and O–H groups in total. The second-order valence-electron chi connectivity index (χ2n) is 4.00. The van der Waals surface area contributed by atoms with Crippen molar-refractivity contribution in [3.05, 3.63) is 0 Å². The number of carbonyl (C=O) groups is 2. The van der Waals surface area contributed by atoms with Crippen LogP contribution in [0.1, 0.15) is 19.3 Å². The Morgan fingerprint density at radius 2 is 1.93 bits per heavy atom. The predicted molar refractivity (Wildman–Crippen MR) is 59.7 cm³/mol. The molecule has 0 aromatic heterocycles. The van der Waals surface area contributed by atoms with Crippen molar-refractivity contribution in [2.75, 3.05) is 24.6 Å². The van der Waals surface area contributed by atoms with Gasteiger partial charge in [0.05, 0.1) is 17.5 Å². The molecule has 84 valence electrons. The van der Waals surface area contributed by atoms with E-state index in [1.54, 1.807) is 0 Å². The zero-order chi connectivity index (χ0) is 10.7. The molecule has 2 saturated heterocycles. The van der Waals surface area contributed by atoms with Crippen LogP contribution in [0, 0.1) is 0 Å². The second-order valence-corrected chi connectivity index (χ2v) is 4.99. The summed E-state index contributed by atoms with van der Waals surface area (Å²) in [6.45, 7) is 1.77. The topological polar surface area (TPSA) is 49.4 Å². The first kappa shape index (κ1) is 11.0. The Kier molecular flexibility index (Phi) is 3.64. The molecule has 0 saturated carbocycles. The molecule has 4 nitrogen and oxygen atoms in total. The van der Waals surface area contributed by atoms with Gasteiger partial charge in [-0.1, -0.05) is 6.42 Å². The van der Waals surface area contributed by atoms with Crippen LogP contribution in [0.2, 0.25) is 0 Å². The number of hydrogen-bond donors (Lipinski definition) is 1. The van der Waals surface area contributed by atoms with Crippen LogP contribution in [0.5, 0.6) is 0 Å². The minimum Gasteiger partial charge on any atom is -0.315 e. The quantitative estimate of drug-likeness (QED) is 0.653. The molecule has 15 heavy (non-hydrogen) atoms. The standard InChI is InChI=1S/C10H16N2O2S/c13-9-6-15-7-10(14)12(9)8-3-1-2-4-11-5-8/h8,11H,1-7H2. The van der Waals surface area contributed by atoms with Crippen LogP contribution in [-0.2, 0) is 9.59 Å². The van der Waals surface area contributed by atoms with Crippen LogP contribution in [-0.4, -0.2) is 47.4 Å². The molecule has 5 heteroatoms. The van der Waals surface area contributed by atoms with Crippen molar-refractivity contribution in [1.29, 1.82) is 0 Å². The summed E-state index contributed by atoms with van der Waals surface area (Å²) in [6, 6.07) is 0.0911. The number of hydrogen-bond acceptors (Lipinski definition) is 4. The largest absolute Gasteiger partial charge is 0.315 e. The lowest BCUT2D eigenvalue weighted by molar-refractivity contribution is -0.144. The van der Waals surface area contributed by atoms with Crippen LogP contribution >= 0.6 is 11.8 Å². The average molecular weight is 228 g/mol. The zero-order valence-corrected chi connectivity index (χ0v) is 9.52. The third-order valence-electron chi connectivity index (χ3n) is 2.87. The van der Waals surface area contributed by atoms with E-state index < -0.39 is 0 Å². The molecule has 2 aliphatic heterocycles. The second kappa shape index (κ2) is 4.99. The Bertz CT molecular complexity index is 246. The fraction of sp³-hybridized carbons (Fsp3) is 0.800. The molecule has 2 heterocycles. The van der Waals surface area contributed by atoms with Gasteiger partial charge in [-0.15, -0.1) is 11.8 Å². The molecule has 2 rings (SSSR count). The summed E-state index contributed by atoms with van der Waals surface area (Å²) >= 11 is 1.42. The van der Waals surface area contributed by atoms with E-state index in [4.69, 9.17) is 0 Å². The van der Waals surface area contributed by atoms with Crippen LogP contribution < -0.4 is 5.32 Å². The van der Waals surface area contributed by atoms with Gasteiger partial charge in [0.1, 0.15) is 0 Å². The van der Waals surface area contributed by atoms with Gasteiger partial charge in [-0.05, 0) is 19.4 Å². The normalized spacial score (nSPS) is 29.1. The van der Waals surface area contributed by atoms with Gasteiger partial charge >= 0.3 is 0 Å². The summed E-state index contributed by atoms with van der Waals surface area (Å²) in [5.74, 6) is 0.903. The van der Waals surface area contributed by atoms with Crippen LogP contribution in [0.15, 0.2) is 0 Å². The van der Waals surface area contributed by atoms with Gasteiger partial charge in [0.2, 0.25) is 11.8 Å². The monoisotopic (exact) mass is 228 g/mol. The maximum absolute atomic E-state index is 11.7. The average Bonchev–Trinajstić information content (AvgIpc) is 2.46. The Hall–Kier alpha value is -0.550. The summed E-state index contributed by atoms with van der Waals surface area (Å²) in [4.78, 5) is 24.8. The van der Waals surface area contributed by atoms with Gasteiger partial charge in [0.25, 0.3) is 0 Å². The molecule has 0 aromatic carbocycles. The molecular formula is C10H16N2O2S. The van der Waals surface area contributed by atoms with Crippen LogP contribution in [0.4, 0.5) is 0 Å². The predicted octanol–water partition coefficient (Wildman–Crippen LogP) is 0.230. The lowest BCUT2D eigenvalue weighted by Crippen LogP contribution is -2.52. The summed E-state index contributed by atoms with van der Waals surface area (Å²) in [6.07, 6.45) is 3.19. The summed E-state index contributed by atoms with van der Waals surface area (Å²) in [5.41, 5.74) is 0. The molecule has 1 atom stereocenters. The fourth-order valence-electron chi connectivity index (χ4n) is 2.13. The molecule has 2 aliphatic rings. The molecule has 1 unspecified atom stereocenters. The van der Waals surface area contributed by atoms with Crippen molar-refractivity contribution >= 4 is 23.6 Å². The van der Waals surface area contributed by atoms with Crippen LogP contribution in [0.3, 0.4) is 0 Å². The van der Waals surface area contributed by atoms with Gasteiger partial charge in [-0.3, -0.25) is 14.5 Å². The van der Waals surface area contributed by atoms with E-state index >= 15 is 0 Å². The molecule has 0 aliphatic carbocycles. The summed E-state index contributed by atoms with van der Waals surface area (Å²) < 4.78 is 0. The Morgan fingerprint density at radius 1 is 1.20 bits per heavy atom. The van der Waals surface area contributed by atoms with E-state index in [-0.39, 0.29) is 17.9 Å². The molecule has 0 spiro atoms. The van der Waals surface area contributed by atoms with E-state index in [0.717, 1.165) is 32.4 Å². The third-order valence-corrected chi connectivity index (χ3v) is 3.78. The Morgan fingerprint density at radius 3 is 2.67 bits per heavy atom. The Balaban J connectivity index is 2.05. The number of rotatable bonds is 1. The summed E-state index contributed by atoms with van der Waals surface area (Å²) in [7, 11) is 0. The molecule has 2 fully saturated rings. The van der Waals surface area contributed by atoms with Gasteiger partial charge < -0.3 is 5.32 Å². The molecule has 0 aromatic rings. The third kappa shape index (κ3) is 2.52. The highest BCUT2D eigenvalue weighted by atomic mass is 32.2. The smallest absolute Gasteiger partial charge is 0.239 e. The van der Waals surface area contributed by atoms with Crippen molar-refractivity contribution in [2.45, 2.75) is 25.3 Å². The van der Waals surface area contributed by atoms with E-state index in [1.165, 1.54) is 16.7 Å². The molecular weight excluding hydrogens is 212 g/mol. The highest BCUT2D eigenvalue weighted by Gasteiger charge is 2.32. The molecule has 2 amide bonds. The van der Waals surface area contributed by atoms with Gasteiger partial charge in [-0.25, -0.2) is 0 Å². The Labute approximate surface area is 93.8 Å². The van der Waals surface area contributed by atoms with E-state index in [9.17, 15) is 9.59 Å². The number of nitrogens with zero attached hydrogens (tertiary/aromatic N) is 1. The van der Waals surface area contributed by atoms with E-state index in [0.29, 0.717) is 11.5 Å². The lowest BCUT2D eigenvalue weighted by Gasteiger charge is -2.31. The first-order valence-electron chi connectivity index (χ1n) is 5.42. The number of thioether (sulfide) groups is 1. The number of nitrogens with one attached hydrogen (secondary N) is 1. The van der Waals surface area contributed by atoms with Crippen molar-refractivity contribution in [2.24, 2.45) is 0 Å². The highest BCUT2D eigenvalue weighted by Crippen LogP contribution is 2.19. The van der Waals surface area contributed by atoms with Crippen molar-refractivity contribution in [3.63, 3.8) is 0 Å². The van der Waals surface area contributed by atoms with E-state index in [1.807, 2.05) is 0 Å². The van der Waals surface area contributed by atoms with Gasteiger partial charge in [-0.2, -0.15) is 0 Å². The highest BCUT2D eigenvalue weighted by molar-refractivity contribution is 8.00. The first-order chi connectivity index (χ1) is 7.29.